The average Bonchev–Trinajstić information content (AvgIpc) is 3.24. The standard InChI is InChI=1S/C18H32N2O/c1-17(2)11-8-16(9-12-17)21-13-5-4-10-18(3,14-19)20-15-6-7-15/h15-16,20H,4-13H2,1-3H3. The Balaban J connectivity index is 1.54. The summed E-state index contributed by atoms with van der Waals surface area (Å²) >= 11 is 0. The minimum absolute atomic E-state index is 0.337. The minimum atomic E-state index is -0.337. The van der Waals surface area contributed by atoms with Crippen molar-refractivity contribution in [1.29, 1.82) is 5.26 Å². The summed E-state index contributed by atoms with van der Waals surface area (Å²) in [6, 6.07) is 3.04. The van der Waals surface area contributed by atoms with Crippen molar-refractivity contribution < 1.29 is 4.74 Å². The lowest BCUT2D eigenvalue weighted by Gasteiger charge is -2.34. The second-order valence-electron chi connectivity index (χ2n) is 8.05. The Kier molecular flexibility index (Phi) is 5.68. The molecule has 1 unspecified atom stereocenters. The summed E-state index contributed by atoms with van der Waals surface area (Å²) in [6.45, 7) is 7.61. The van der Waals surface area contributed by atoms with E-state index >= 15 is 0 Å². The third kappa shape index (κ3) is 5.96. The number of nitrogens with zero attached hydrogens (tertiary/aromatic N) is 1. The molecule has 0 aromatic rings. The maximum absolute atomic E-state index is 9.33. The lowest BCUT2D eigenvalue weighted by molar-refractivity contribution is 0.00246. The molecule has 2 aliphatic rings. The summed E-state index contributed by atoms with van der Waals surface area (Å²) in [5.74, 6) is 0. The molecule has 2 saturated carbocycles. The van der Waals surface area contributed by atoms with Crippen molar-refractivity contribution in [2.45, 2.75) is 96.2 Å². The summed E-state index contributed by atoms with van der Waals surface area (Å²) in [4.78, 5) is 0. The quantitative estimate of drug-likeness (QED) is 0.683. The van der Waals surface area contributed by atoms with Crippen LogP contribution in [0.2, 0.25) is 0 Å². The van der Waals surface area contributed by atoms with Gasteiger partial charge in [-0.2, -0.15) is 5.26 Å². The number of unbranched alkanes of at least 4 members (excludes halogenated alkanes) is 1. The summed E-state index contributed by atoms with van der Waals surface area (Å²) in [5.41, 5.74) is 0.180. The number of rotatable bonds is 8. The van der Waals surface area contributed by atoms with E-state index in [4.69, 9.17) is 4.74 Å². The summed E-state index contributed by atoms with van der Waals surface area (Å²) in [6.07, 6.45) is 11.0. The third-order valence-electron chi connectivity index (χ3n) is 5.06. The van der Waals surface area contributed by atoms with E-state index in [2.05, 4.69) is 25.2 Å². The zero-order valence-corrected chi connectivity index (χ0v) is 14.1. The Hall–Kier alpha value is -0.590. The zero-order chi connectivity index (χ0) is 15.3. The SMILES string of the molecule is CC1(C)CCC(OCCCCC(C)(C#N)NC2CC2)CC1. The van der Waals surface area contributed by atoms with Crippen LogP contribution in [0.4, 0.5) is 0 Å². The number of hydrogen-bond acceptors (Lipinski definition) is 3. The molecule has 3 nitrogen and oxygen atoms in total. The van der Waals surface area contributed by atoms with Crippen LogP contribution in [0.25, 0.3) is 0 Å². The minimum Gasteiger partial charge on any atom is -0.378 e. The van der Waals surface area contributed by atoms with Crippen LogP contribution in [0, 0.1) is 16.7 Å². The molecule has 120 valence electrons. The van der Waals surface area contributed by atoms with Crippen LogP contribution in [-0.2, 0) is 4.74 Å². The molecule has 0 heterocycles. The molecular weight excluding hydrogens is 260 g/mol. The highest BCUT2D eigenvalue weighted by molar-refractivity contribution is 5.06. The summed E-state index contributed by atoms with van der Waals surface area (Å²) in [5, 5.41) is 12.8. The van der Waals surface area contributed by atoms with Crippen molar-refractivity contribution >= 4 is 0 Å². The van der Waals surface area contributed by atoms with Crippen LogP contribution in [0.3, 0.4) is 0 Å². The molecule has 0 aromatic carbocycles. The molecule has 21 heavy (non-hydrogen) atoms. The van der Waals surface area contributed by atoms with Crippen LogP contribution in [0.15, 0.2) is 0 Å². The molecule has 3 heteroatoms. The maximum atomic E-state index is 9.33. The molecule has 2 rings (SSSR count). The monoisotopic (exact) mass is 292 g/mol. The predicted molar refractivity (Wildman–Crippen MR) is 86.0 cm³/mol. The van der Waals surface area contributed by atoms with Crippen LogP contribution < -0.4 is 5.32 Å². The van der Waals surface area contributed by atoms with Gasteiger partial charge >= 0.3 is 0 Å². The van der Waals surface area contributed by atoms with Gasteiger partial charge in [0.25, 0.3) is 0 Å². The van der Waals surface area contributed by atoms with Gasteiger partial charge in [0.1, 0.15) is 5.54 Å². The first-order valence-corrected chi connectivity index (χ1v) is 8.73. The number of nitrogens with one attached hydrogen (secondary N) is 1. The molecule has 0 spiro atoms. The van der Waals surface area contributed by atoms with Crippen LogP contribution in [0.1, 0.15) is 78.6 Å². The highest BCUT2D eigenvalue weighted by Gasteiger charge is 2.32. The highest BCUT2D eigenvalue weighted by Crippen LogP contribution is 2.36. The predicted octanol–water partition coefficient (Wildman–Crippen LogP) is 4.18. The number of nitriles is 1. The second kappa shape index (κ2) is 7.11. The molecular formula is C18H32N2O. The lowest BCUT2D eigenvalue weighted by atomic mass is 9.76. The fraction of sp³-hybridized carbons (Fsp3) is 0.944. The van der Waals surface area contributed by atoms with E-state index in [0.29, 0.717) is 17.6 Å². The molecule has 2 aliphatic carbocycles. The summed E-state index contributed by atoms with van der Waals surface area (Å²) in [7, 11) is 0. The largest absolute Gasteiger partial charge is 0.378 e. The van der Waals surface area contributed by atoms with Gasteiger partial charge in [0, 0.05) is 12.6 Å². The molecule has 1 atom stereocenters. The molecule has 0 saturated heterocycles. The van der Waals surface area contributed by atoms with Gasteiger partial charge in [-0.05, 0) is 70.1 Å². The van der Waals surface area contributed by atoms with Gasteiger partial charge in [0.05, 0.1) is 12.2 Å². The Bertz CT molecular complexity index is 360. The van der Waals surface area contributed by atoms with Crippen LogP contribution in [0.5, 0.6) is 0 Å². The topological polar surface area (TPSA) is 45.0 Å². The Morgan fingerprint density at radius 2 is 1.86 bits per heavy atom. The zero-order valence-electron chi connectivity index (χ0n) is 14.1. The molecule has 1 N–H and O–H groups in total. The Morgan fingerprint density at radius 1 is 1.19 bits per heavy atom. The highest BCUT2D eigenvalue weighted by atomic mass is 16.5. The fourth-order valence-electron chi connectivity index (χ4n) is 3.21. The van der Waals surface area contributed by atoms with Crippen LogP contribution in [-0.4, -0.2) is 24.3 Å². The van der Waals surface area contributed by atoms with Crippen molar-refractivity contribution in [3.8, 4) is 6.07 Å². The first-order chi connectivity index (χ1) is 9.92. The van der Waals surface area contributed by atoms with E-state index in [0.717, 1.165) is 25.9 Å². The average molecular weight is 292 g/mol. The number of ether oxygens (including phenoxy) is 1. The molecule has 0 aliphatic heterocycles. The van der Waals surface area contributed by atoms with E-state index in [1.54, 1.807) is 0 Å². The molecule has 2 fully saturated rings. The first kappa shape index (κ1) is 16.8. The van der Waals surface area contributed by atoms with Crippen molar-refractivity contribution in [1.82, 2.24) is 5.32 Å². The third-order valence-corrected chi connectivity index (χ3v) is 5.06. The second-order valence-corrected chi connectivity index (χ2v) is 8.05. The fourth-order valence-corrected chi connectivity index (χ4v) is 3.21. The van der Waals surface area contributed by atoms with E-state index in [-0.39, 0.29) is 5.54 Å². The van der Waals surface area contributed by atoms with E-state index in [1.165, 1.54) is 38.5 Å². The Labute approximate surface area is 130 Å². The van der Waals surface area contributed by atoms with Gasteiger partial charge in [-0.15, -0.1) is 0 Å². The van der Waals surface area contributed by atoms with Gasteiger partial charge < -0.3 is 4.74 Å². The number of hydrogen-bond donors (Lipinski definition) is 1. The van der Waals surface area contributed by atoms with Gasteiger partial charge in [0.15, 0.2) is 0 Å². The van der Waals surface area contributed by atoms with Crippen molar-refractivity contribution in [3.05, 3.63) is 0 Å². The van der Waals surface area contributed by atoms with E-state index in [1.807, 2.05) is 6.92 Å². The van der Waals surface area contributed by atoms with E-state index < -0.39 is 0 Å². The van der Waals surface area contributed by atoms with Crippen molar-refractivity contribution in [2.24, 2.45) is 5.41 Å². The summed E-state index contributed by atoms with van der Waals surface area (Å²) < 4.78 is 6.01. The van der Waals surface area contributed by atoms with Gasteiger partial charge in [-0.25, -0.2) is 0 Å². The molecule has 0 bridgehead atoms. The van der Waals surface area contributed by atoms with Gasteiger partial charge in [-0.1, -0.05) is 13.8 Å². The molecule has 0 aromatic heterocycles. The van der Waals surface area contributed by atoms with Gasteiger partial charge in [-0.3, -0.25) is 5.32 Å². The normalized spacial score (nSPS) is 25.2. The Morgan fingerprint density at radius 3 is 2.43 bits per heavy atom. The van der Waals surface area contributed by atoms with E-state index in [9.17, 15) is 5.26 Å². The molecule has 0 amide bonds. The van der Waals surface area contributed by atoms with Crippen molar-refractivity contribution in [2.75, 3.05) is 6.61 Å². The lowest BCUT2D eigenvalue weighted by Crippen LogP contribution is -2.42. The van der Waals surface area contributed by atoms with Gasteiger partial charge in [0.2, 0.25) is 0 Å². The smallest absolute Gasteiger partial charge is 0.104 e. The van der Waals surface area contributed by atoms with Crippen molar-refractivity contribution in [3.63, 3.8) is 0 Å². The first-order valence-electron chi connectivity index (χ1n) is 8.73. The maximum Gasteiger partial charge on any atom is 0.104 e. The van der Waals surface area contributed by atoms with Crippen LogP contribution >= 0.6 is 0 Å². The molecule has 0 radical (unpaired) electrons.